The largest absolute Gasteiger partial charge is 0.433 e. The predicted molar refractivity (Wildman–Crippen MR) is 60.5 cm³/mol. The highest BCUT2D eigenvalue weighted by Crippen LogP contribution is 2.39. The fourth-order valence-corrected chi connectivity index (χ4v) is 1.78. The number of alkyl halides is 3. The standard InChI is InChI=1S/C11H10F3N5/c12-11(13,14)8-5-9(17-10(15)16-8)19-4-3-7(18-19)6-1-2-6/h3-6H,1-2H2,(H2,15,16,17). The summed E-state index contributed by atoms with van der Waals surface area (Å²) in [5, 5.41) is 4.21. The molecule has 0 amide bonds. The molecule has 0 bridgehead atoms. The molecule has 1 aliphatic carbocycles. The maximum absolute atomic E-state index is 12.6. The molecule has 1 saturated carbocycles. The van der Waals surface area contributed by atoms with Crippen LogP contribution in [0.1, 0.15) is 30.1 Å². The lowest BCUT2D eigenvalue weighted by Crippen LogP contribution is -2.13. The third-order valence-corrected chi connectivity index (χ3v) is 2.86. The number of anilines is 1. The van der Waals surface area contributed by atoms with Crippen LogP contribution >= 0.6 is 0 Å². The van der Waals surface area contributed by atoms with Gasteiger partial charge in [0.05, 0.1) is 5.69 Å². The molecule has 5 nitrogen and oxygen atoms in total. The van der Waals surface area contributed by atoms with Crippen LogP contribution in [0.15, 0.2) is 18.3 Å². The van der Waals surface area contributed by atoms with E-state index in [1.54, 1.807) is 12.3 Å². The molecule has 1 fully saturated rings. The molecule has 0 saturated heterocycles. The van der Waals surface area contributed by atoms with Crippen LogP contribution in [-0.4, -0.2) is 19.7 Å². The van der Waals surface area contributed by atoms with E-state index >= 15 is 0 Å². The number of nitrogens with two attached hydrogens (primary N) is 1. The van der Waals surface area contributed by atoms with E-state index in [1.165, 1.54) is 4.68 Å². The van der Waals surface area contributed by atoms with Gasteiger partial charge in [-0.3, -0.25) is 0 Å². The van der Waals surface area contributed by atoms with E-state index < -0.39 is 17.8 Å². The Labute approximate surface area is 106 Å². The molecule has 3 rings (SSSR count). The zero-order valence-corrected chi connectivity index (χ0v) is 9.72. The van der Waals surface area contributed by atoms with Crippen molar-refractivity contribution in [1.82, 2.24) is 19.7 Å². The summed E-state index contributed by atoms with van der Waals surface area (Å²) in [6, 6.07) is 2.61. The van der Waals surface area contributed by atoms with Crippen molar-refractivity contribution in [3.8, 4) is 5.82 Å². The molecule has 2 N–H and O–H groups in total. The Morgan fingerprint density at radius 2 is 2.00 bits per heavy atom. The van der Waals surface area contributed by atoms with Crippen LogP contribution in [0, 0.1) is 0 Å². The first-order chi connectivity index (χ1) is 8.93. The Kier molecular flexibility index (Phi) is 2.48. The lowest BCUT2D eigenvalue weighted by Gasteiger charge is -2.08. The van der Waals surface area contributed by atoms with Gasteiger partial charge in [-0.15, -0.1) is 0 Å². The van der Waals surface area contributed by atoms with Gasteiger partial charge in [-0.05, 0) is 18.9 Å². The van der Waals surface area contributed by atoms with Crippen LogP contribution in [0.2, 0.25) is 0 Å². The minimum Gasteiger partial charge on any atom is -0.368 e. The first-order valence-corrected chi connectivity index (χ1v) is 5.71. The Bertz CT molecular complexity index is 615. The van der Waals surface area contributed by atoms with Gasteiger partial charge in [-0.2, -0.15) is 23.3 Å². The fraction of sp³-hybridized carbons (Fsp3) is 0.364. The molecule has 1 aliphatic rings. The van der Waals surface area contributed by atoms with E-state index in [0.29, 0.717) is 5.92 Å². The Morgan fingerprint density at radius 1 is 1.26 bits per heavy atom. The number of hydrogen-bond acceptors (Lipinski definition) is 4. The smallest absolute Gasteiger partial charge is 0.368 e. The zero-order valence-electron chi connectivity index (χ0n) is 9.72. The number of rotatable bonds is 2. The van der Waals surface area contributed by atoms with Crippen molar-refractivity contribution in [2.45, 2.75) is 24.9 Å². The summed E-state index contributed by atoms with van der Waals surface area (Å²) in [5.74, 6) is 0.0162. The summed E-state index contributed by atoms with van der Waals surface area (Å²) in [6.45, 7) is 0. The summed E-state index contributed by atoms with van der Waals surface area (Å²) < 4.78 is 39.2. The maximum atomic E-state index is 12.6. The van der Waals surface area contributed by atoms with Crippen molar-refractivity contribution in [2.24, 2.45) is 0 Å². The predicted octanol–water partition coefficient (Wildman–Crippen LogP) is 2.14. The normalized spacial score (nSPS) is 15.7. The van der Waals surface area contributed by atoms with Crippen LogP contribution in [0.4, 0.5) is 19.1 Å². The first-order valence-electron chi connectivity index (χ1n) is 5.71. The Hall–Kier alpha value is -2.12. The molecule has 0 spiro atoms. The van der Waals surface area contributed by atoms with Crippen molar-refractivity contribution in [3.05, 3.63) is 29.7 Å². The molecule has 2 aromatic heterocycles. The lowest BCUT2D eigenvalue weighted by molar-refractivity contribution is -0.141. The minimum atomic E-state index is -4.56. The number of nitrogen functional groups attached to an aromatic ring is 1. The van der Waals surface area contributed by atoms with Crippen molar-refractivity contribution in [3.63, 3.8) is 0 Å². The average Bonchev–Trinajstić information content (AvgIpc) is 3.05. The molecule has 8 heteroatoms. The zero-order chi connectivity index (χ0) is 13.6. The molecule has 2 heterocycles. The summed E-state index contributed by atoms with van der Waals surface area (Å²) in [7, 11) is 0. The van der Waals surface area contributed by atoms with Gasteiger partial charge in [0, 0.05) is 18.2 Å². The third kappa shape index (κ3) is 2.38. The molecule has 0 radical (unpaired) electrons. The SMILES string of the molecule is Nc1nc(-n2ccc(C3CC3)n2)cc(C(F)(F)F)n1. The van der Waals surface area contributed by atoms with Crippen LogP contribution in [0.5, 0.6) is 0 Å². The van der Waals surface area contributed by atoms with Gasteiger partial charge in [0.2, 0.25) is 5.95 Å². The molecular formula is C11H10F3N5. The molecule has 19 heavy (non-hydrogen) atoms. The summed E-state index contributed by atoms with van der Waals surface area (Å²) in [4.78, 5) is 6.96. The number of hydrogen-bond donors (Lipinski definition) is 1. The van der Waals surface area contributed by atoms with Gasteiger partial charge < -0.3 is 5.73 Å². The first kappa shape index (κ1) is 11.9. The molecule has 0 atom stereocenters. The van der Waals surface area contributed by atoms with Gasteiger partial charge in [-0.1, -0.05) is 0 Å². The van der Waals surface area contributed by atoms with Crippen molar-refractivity contribution < 1.29 is 13.2 Å². The highest BCUT2D eigenvalue weighted by atomic mass is 19.4. The second-order valence-corrected chi connectivity index (χ2v) is 4.43. The Morgan fingerprint density at radius 3 is 2.63 bits per heavy atom. The summed E-state index contributed by atoms with van der Waals surface area (Å²) in [5.41, 5.74) is 5.10. The van der Waals surface area contributed by atoms with Crippen molar-refractivity contribution >= 4 is 5.95 Å². The van der Waals surface area contributed by atoms with E-state index in [1.807, 2.05) is 0 Å². The molecule has 0 aromatic carbocycles. The number of aromatic nitrogens is 4. The van der Waals surface area contributed by atoms with Gasteiger partial charge >= 0.3 is 6.18 Å². The summed E-state index contributed by atoms with van der Waals surface area (Å²) in [6.07, 6.45) is -0.846. The van der Waals surface area contributed by atoms with Gasteiger partial charge in [0.15, 0.2) is 11.5 Å². The second kappa shape index (κ2) is 3.94. The van der Waals surface area contributed by atoms with E-state index in [4.69, 9.17) is 5.73 Å². The monoisotopic (exact) mass is 269 g/mol. The number of nitrogens with zero attached hydrogens (tertiary/aromatic N) is 4. The fourth-order valence-electron chi connectivity index (χ4n) is 1.78. The van der Waals surface area contributed by atoms with Crippen molar-refractivity contribution in [1.29, 1.82) is 0 Å². The van der Waals surface area contributed by atoms with E-state index in [9.17, 15) is 13.2 Å². The minimum absolute atomic E-state index is 0.0201. The number of halogens is 3. The molecule has 2 aromatic rings. The van der Waals surface area contributed by atoms with Crippen LogP contribution in [-0.2, 0) is 6.18 Å². The molecule has 0 aliphatic heterocycles. The average molecular weight is 269 g/mol. The topological polar surface area (TPSA) is 69.6 Å². The lowest BCUT2D eigenvalue weighted by atomic mass is 10.3. The quantitative estimate of drug-likeness (QED) is 0.906. The molecule has 100 valence electrons. The van der Waals surface area contributed by atoms with Crippen LogP contribution in [0.3, 0.4) is 0 Å². The second-order valence-electron chi connectivity index (χ2n) is 4.43. The third-order valence-electron chi connectivity index (χ3n) is 2.86. The van der Waals surface area contributed by atoms with Crippen LogP contribution in [0.25, 0.3) is 5.82 Å². The Balaban J connectivity index is 2.01. The maximum Gasteiger partial charge on any atom is 0.433 e. The molecule has 0 unspecified atom stereocenters. The highest BCUT2D eigenvalue weighted by molar-refractivity contribution is 5.33. The van der Waals surface area contributed by atoms with Gasteiger partial charge in [0.1, 0.15) is 0 Å². The van der Waals surface area contributed by atoms with Gasteiger partial charge in [0.25, 0.3) is 0 Å². The van der Waals surface area contributed by atoms with Crippen LogP contribution < -0.4 is 5.73 Å². The van der Waals surface area contributed by atoms with Gasteiger partial charge in [-0.25, -0.2) is 9.67 Å². The van der Waals surface area contributed by atoms with E-state index in [0.717, 1.165) is 24.6 Å². The highest BCUT2D eigenvalue weighted by Gasteiger charge is 2.34. The molecular weight excluding hydrogens is 259 g/mol. The van der Waals surface area contributed by atoms with E-state index in [2.05, 4.69) is 15.1 Å². The van der Waals surface area contributed by atoms with Crippen molar-refractivity contribution in [2.75, 3.05) is 5.73 Å². The summed E-state index contributed by atoms with van der Waals surface area (Å²) >= 11 is 0. The van der Waals surface area contributed by atoms with E-state index in [-0.39, 0.29) is 5.82 Å².